The average Bonchev–Trinajstić information content (AvgIpc) is 2.27. The van der Waals surface area contributed by atoms with E-state index in [9.17, 15) is 4.79 Å². The maximum absolute atomic E-state index is 10.4. The maximum Gasteiger partial charge on any atom is 0.341 e. The number of nitrogens with zero attached hydrogens (tertiary/aromatic N) is 1. The molecule has 1 aromatic carbocycles. The second kappa shape index (κ2) is 4.18. The lowest BCUT2D eigenvalue weighted by atomic mass is 10.1. The minimum Gasteiger partial charge on any atom is -0.481 e. The number of hydrogen-bond acceptors (Lipinski definition) is 3. The molecule has 0 radical (unpaired) electrons. The normalized spacial score (nSPS) is 10.3. The van der Waals surface area contributed by atoms with Gasteiger partial charge >= 0.3 is 5.97 Å². The van der Waals surface area contributed by atoms with Gasteiger partial charge in [-0.3, -0.25) is 4.98 Å². The fraction of sp³-hybridized carbons (Fsp3) is 0.167. The number of carboxylic acids is 1. The molecule has 0 aliphatic rings. The molecule has 0 aliphatic carbocycles. The number of benzene rings is 1. The number of carboxylic acid groups (broad SMARTS) is 1. The number of hydrogen-bond donors (Lipinski definition) is 1. The van der Waals surface area contributed by atoms with Gasteiger partial charge in [-0.2, -0.15) is 0 Å². The highest BCUT2D eigenvalue weighted by Gasteiger charge is 2.06. The molecule has 0 aliphatic heterocycles. The Morgan fingerprint density at radius 1 is 1.44 bits per heavy atom. The fourth-order valence-electron chi connectivity index (χ4n) is 1.56. The molecule has 0 amide bonds. The summed E-state index contributed by atoms with van der Waals surface area (Å²) in [5.41, 5.74) is 1.88. The predicted molar refractivity (Wildman–Crippen MR) is 59.6 cm³/mol. The molecule has 0 saturated heterocycles. The van der Waals surface area contributed by atoms with Crippen molar-refractivity contribution in [3.8, 4) is 5.75 Å². The van der Waals surface area contributed by atoms with E-state index in [0.717, 1.165) is 16.5 Å². The van der Waals surface area contributed by atoms with E-state index in [2.05, 4.69) is 4.98 Å². The molecule has 82 valence electrons. The SMILES string of the molecule is Cc1cccc2c(OCC(=O)O)ccnc12. The van der Waals surface area contributed by atoms with Crippen LogP contribution in [0, 0.1) is 6.92 Å². The summed E-state index contributed by atoms with van der Waals surface area (Å²) in [6.45, 7) is 1.61. The molecular formula is C12H11NO3. The van der Waals surface area contributed by atoms with Gasteiger partial charge in [-0.1, -0.05) is 12.1 Å². The Hall–Kier alpha value is -2.10. The zero-order valence-electron chi connectivity index (χ0n) is 8.80. The van der Waals surface area contributed by atoms with Crippen LogP contribution in [0.3, 0.4) is 0 Å². The Labute approximate surface area is 92.5 Å². The highest BCUT2D eigenvalue weighted by molar-refractivity contribution is 5.87. The fourth-order valence-corrected chi connectivity index (χ4v) is 1.56. The van der Waals surface area contributed by atoms with Gasteiger partial charge < -0.3 is 9.84 Å². The number of carbonyl (C=O) groups is 1. The zero-order valence-corrected chi connectivity index (χ0v) is 8.80. The van der Waals surface area contributed by atoms with E-state index < -0.39 is 5.97 Å². The van der Waals surface area contributed by atoms with Crippen LogP contribution < -0.4 is 4.74 Å². The van der Waals surface area contributed by atoms with E-state index in [1.807, 2.05) is 25.1 Å². The largest absolute Gasteiger partial charge is 0.481 e. The van der Waals surface area contributed by atoms with Crippen LogP contribution in [0.4, 0.5) is 0 Å². The second-order valence-electron chi connectivity index (χ2n) is 3.46. The van der Waals surface area contributed by atoms with Gasteiger partial charge in [0.2, 0.25) is 0 Å². The number of rotatable bonds is 3. The Morgan fingerprint density at radius 2 is 2.25 bits per heavy atom. The first-order valence-electron chi connectivity index (χ1n) is 4.87. The van der Waals surface area contributed by atoms with Crippen molar-refractivity contribution in [1.29, 1.82) is 0 Å². The minimum atomic E-state index is -0.988. The summed E-state index contributed by atoms with van der Waals surface area (Å²) in [4.78, 5) is 14.7. The van der Waals surface area contributed by atoms with Gasteiger partial charge in [0, 0.05) is 11.6 Å². The van der Waals surface area contributed by atoms with Crippen LogP contribution in [0.15, 0.2) is 30.5 Å². The van der Waals surface area contributed by atoms with Gasteiger partial charge in [0.25, 0.3) is 0 Å². The van der Waals surface area contributed by atoms with Crippen molar-refractivity contribution in [2.75, 3.05) is 6.61 Å². The Bertz CT molecular complexity index is 537. The number of ether oxygens (including phenoxy) is 1. The summed E-state index contributed by atoms with van der Waals surface area (Å²) < 4.78 is 5.20. The van der Waals surface area contributed by atoms with E-state index in [-0.39, 0.29) is 6.61 Å². The smallest absolute Gasteiger partial charge is 0.341 e. The molecule has 0 bridgehead atoms. The van der Waals surface area contributed by atoms with Gasteiger partial charge in [-0.25, -0.2) is 4.79 Å². The summed E-state index contributed by atoms with van der Waals surface area (Å²) in [6.07, 6.45) is 1.62. The van der Waals surface area contributed by atoms with Crippen molar-refractivity contribution < 1.29 is 14.6 Å². The van der Waals surface area contributed by atoms with Gasteiger partial charge in [-0.15, -0.1) is 0 Å². The van der Waals surface area contributed by atoms with E-state index in [0.29, 0.717) is 5.75 Å². The highest BCUT2D eigenvalue weighted by Crippen LogP contribution is 2.25. The van der Waals surface area contributed by atoms with Gasteiger partial charge in [0.05, 0.1) is 5.52 Å². The number of aliphatic carboxylic acids is 1. The first kappa shape index (κ1) is 10.4. The highest BCUT2D eigenvalue weighted by atomic mass is 16.5. The molecular weight excluding hydrogens is 206 g/mol. The number of aromatic nitrogens is 1. The molecule has 0 fully saturated rings. The van der Waals surface area contributed by atoms with Crippen molar-refractivity contribution in [3.63, 3.8) is 0 Å². The molecule has 2 aromatic rings. The molecule has 4 heteroatoms. The lowest BCUT2D eigenvalue weighted by Gasteiger charge is -2.07. The maximum atomic E-state index is 10.4. The van der Waals surface area contributed by atoms with E-state index in [4.69, 9.17) is 9.84 Å². The Morgan fingerprint density at radius 3 is 3.00 bits per heavy atom. The van der Waals surface area contributed by atoms with Crippen LogP contribution in [-0.4, -0.2) is 22.7 Å². The molecule has 1 heterocycles. The molecule has 0 unspecified atom stereocenters. The van der Waals surface area contributed by atoms with E-state index in [1.54, 1.807) is 12.3 Å². The molecule has 0 atom stereocenters. The number of aryl methyl sites for hydroxylation is 1. The van der Waals surface area contributed by atoms with Gasteiger partial charge in [0.15, 0.2) is 6.61 Å². The van der Waals surface area contributed by atoms with Crippen molar-refractivity contribution in [1.82, 2.24) is 4.98 Å². The molecule has 1 N–H and O–H groups in total. The Kier molecular flexibility index (Phi) is 2.72. The van der Waals surface area contributed by atoms with Gasteiger partial charge in [-0.05, 0) is 24.6 Å². The lowest BCUT2D eigenvalue weighted by Crippen LogP contribution is -2.09. The molecule has 0 saturated carbocycles. The van der Waals surface area contributed by atoms with Crippen LogP contribution in [0.1, 0.15) is 5.56 Å². The third-order valence-electron chi connectivity index (χ3n) is 2.28. The monoisotopic (exact) mass is 217 g/mol. The topological polar surface area (TPSA) is 59.4 Å². The van der Waals surface area contributed by atoms with Crippen molar-refractivity contribution in [3.05, 3.63) is 36.0 Å². The molecule has 16 heavy (non-hydrogen) atoms. The van der Waals surface area contributed by atoms with Crippen molar-refractivity contribution >= 4 is 16.9 Å². The summed E-state index contributed by atoms with van der Waals surface area (Å²) in [5.74, 6) is -0.436. The van der Waals surface area contributed by atoms with Gasteiger partial charge in [0.1, 0.15) is 5.75 Å². The summed E-state index contributed by atoms with van der Waals surface area (Å²) in [6, 6.07) is 7.39. The summed E-state index contributed by atoms with van der Waals surface area (Å²) in [7, 11) is 0. The van der Waals surface area contributed by atoms with Crippen molar-refractivity contribution in [2.24, 2.45) is 0 Å². The zero-order chi connectivity index (χ0) is 11.5. The third-order valence-corrected chi connectivity index (χ3v) is 2.28. The standard InChI is InChI=1S/C12H11NO3/c1-8-3-2-4-9-10(16-7-11(14)15)5-6-13-12(8)9/h2-6H,7H2,1H3,(H,14,15). The molecule has 4 nitrogen and oxygen atoms in total. The Balaban J connectivity index is 2.45. The van der Waals surface area contributed by atoms with Crippen LogP contribution in [-0.2, 0) is 4.79 Å². The van der Waals surface area contributed by atoms with Crippen LogP contribution >= 0.6 is 0 Å². The summed E-state index contributed by atoms with van der Waals surface area (Å²) in [5, 5.41) is 9.40. The average molecular weight is 217 g/mol. The van der Waals surface area contributed by atoms with Crippen molar-refractivity contribution in [2.45, 2.75) is 6.92 Å². The first-order chi connectivity index (χ1) is 7.68. The first-order valence-corrected chi connectivity index (χ1v) is 4.87. The van der Waals surface area contributed by atoms with Crippen LogP contribution in [0.2, 0.25) is 0 Å². The summed E-state index contributed by atoms with van der Waals surface area (Å²) >= 11 is 0. The molecule has 2 rings (SSSR count). The van der Waals surface area contributed by atoms with Crippen LogP contribution in [0.25, 0.3) is 10.9 Å². The van der Waals surface area contributed by atoms with Crippen LogP contribution in [0.5, 0.6) is 5.75 Å². The van der Waals surface area contributed by atoms with E-state index >= 15 is 0 Å². The number of fused-ring (bicyclic) bond motifs is 1. The lowest BCUT2D eigenvalue weighted by molar-refractivity contribution is -0.139. The number of pyridine rings is 1. The second-order valence-corrected chi connectivity index (χ2v) is 3.46. The third kappa shape index (κ3) is 1.95. The molecule has 0 spiro atoms. The minimum absolute atomic E-state index is 0.340. The van der Waals surface area contributed by atoms with E-state index in [1.165, 1.54) is 0 Å². The molecule has 1 aromatic heterocycles. The predicted octanol–water partition coefficient (Wildman–Crippen LogP) is 2.01. The number of para-hydroxylation sites is 1. The quantitative estimate of drug-likeness (QED) is 0.854.